The van der Waals surface area contributed by atoms with Gasteiger partial charge in [-0.2, -0.15) is 19.3 Å². The Hall–Kier alpha value is -2.49. The van der Waals surface area contributed by atoms with Gasteiger partial charge in [-0.3, -0.25) is 4.57 Å². The predicted molar refractivity (Wildman–Crippen MR) is 134 cm³/mol. The van der Waals surface area contributed by atoms with E-state index in [0.717, 1.165) is 5.56 Å². The molecule has 36 heavy (non-hydrogen) atoms. The minimum absolute atomic E-state index is 0.0420. The van der Waals surface area contributed by atoms with Gasteiger partial charge in [-0.05, 0) is 18.6 Å². The number of morpholine rings is 1. The number of alkyl halides is 3. The van der Waals surface area contributed by atoms with Gasteiger partial charge >= 0.3 is 0 Å². The van der Waals surface area contributed by atoms with Gasteiger partial charge < -0.3 is 14.5 Å². The van der Waals surface area contributed by atoms with Crippen LogP contribution < -0.4 is 9.80 Å². The predicted octanol–water partition coefficient (Wildman–Crippen LogP) is 2.10. The fraction of sp³-hybridized carbons (Fsp3) is 0.524. The summed E-state index contributed by atoms with van der Waals surface area (Å²) < 4.78 is 60.7. The minimum Gasteiger partial charge on any atom is -0.378 e. The average molecular weight is 587 g/mol. The number of hydrogen-bond acceptors (Lipinski definition) is 9. The maximum absolute atomic E-state index is 14.1. The van der Waals surface area contributed by atoms with Gasteiger partial charge in [-0.25, -0.2) is 22.2 Å². The Morgan fingerprint density at radius 2 is 1.56 bits per heavy atom. The van der Waals surface area contributed by atoms with Crippen LogP contribution in [-0.2, 0) is 14.8 Å². The third kappa shape index (κ3) is 4.76. The molecule has 2 aromatic heterocycles. The van der Waals surface area contributed by atoms with Crippen molar-refractivity contribution in [1.82, 2.24) is 28.8 Å². The number of piperazine rings is 1. The van der Waals surface area contributed by atoms with Gasteiger partial charge in [-0.15, -0.1) is 0 Å². The standard InChI is InChI=1S/C21H25BrF2N8O3S/c1-14-3-2-4-15-16(14)25-18(17(23)24)32(15)21-27-19(26-20(28-21)30-9-11-35-12-10-30)29-5-7-31(8-6-29)36(33,34)13-22/h2-4,17H,5-13H2,1H3. The van der Waals surface area contributed by atoms with Gasteiger partial charge in [0.05, 0.1) is 24.2 Å². The molecule has 11 nitrogen and oxygen atoms in total. The van der Waals surface area contributed by atoms with Crippen LogP contribution in [0.2, 0.25) is 0 Å². The smallest absolute Gasteiger partial charge is 0.296 e. The second kappa shape index (κ2) is 10.1. The van der Waals surface area contributed by atoms with Crippen molar-refractivity contribution < 1.29 is 21.9 Å². The van der Waals surface area contributed by atoms with Gasteiger partial charge in [0.1, 0.15) is 4.66 Å². The zero-order valence-electron chi connectivity index (χ0n) is 19.5. The molecule has 0 aliphatic carbocycles. The van der Waals surface area contributed by atoms with Crippen LogP contribution in [0.15, 0.2) is 18.2 Å². The highest BCUT2D eigenvalue weighted by atomic mass is 79.9. The van der Waals surface area contributed by atoms with Crippen molar-refractivity contribution in [3.05, 3.63) is 29.6 Å². The summed E-state index contributed by atoms with van der Waals surface area (Å²) in [5.74, 6) is 0.244. The summed E-state index contributed by atoms with van der Waals surface area (Å²) in [6.45, 7) is 5.12. The van der Waals surface area contributed by atoms with E-state index in [0.29, 0.717) is 62.3 Å². The third-order valence-electron chi connectivity index (χ3n) is 6.25. The lowest BCUT2D eigenvalue weighted by Crippen LogP contribution is -2.49. The number of rotatable bonds is 6. The van der Waals surface area contributed by atoms with E-state index in [9.17, 15) is 17.2 Å². The number of ether oxygens (including phenoxy) is 1. The fourth-order valence-corrected chi connectivity index (χ4v) is 6.07. The van der Waals surface area contributed by atoms with Gasteiger partial charge in [0.2, 0.25) is 27.9 Å². The van der Waals surface area contributed by atoms with Crippen LogP contribution in [0, 0.1) is 6.92 Å². The molecule has 0 amide bonds. The molecule has 0 bridgehead atoms. The van der Waals surface area contributed by atoms with Crippen LogP contribution in [0.5, 0.6) is 0 Å². The zero-order chi connectivity index (χ0) is 25.4. The molecule has 2 aliphatic rings. The van der Waals surface area contributed by atoms with Crippen LogP contribution in [0.1, 0.15) is 17.8 Å². The molecule has 194 valence electrons. The lowest BCUT2D eigenvalue weighted by atomic mass is 10.2. The van der Waals surface area contributed by atoms with Crippen LogP contribution in [-0.4, -0.2) is 94.4 Å². The first-order chi connectivity index (χ1) is 17.3. The molecule has 2 aliphatic heterocycles. The van der Waals surface area contributed by atoms with E-state index in [-0.39, 0.29) is 23.7 Å². The Labute approximate surface area is 215 Å². The molecule has 0 atom stereocenters. The van der Waals surface area contributed by atoms with Crippen molar-refractivity contribution in [2.24, 2.45) is 0 Å². The van der Waals surface area contributed by atoms with Crippen molar-refractivity contribution in [3.63, 3.8) is 0 Å². The van der Waals surface area contributed by atoms with Crippen molar-refractivity contribution in [2.75, 3.05) is 66.9 Å². The highest BCUT2D eigenvalue weighted by Gasteiger charge is 2.30. The largest absolute Gasteiger partial charge is 0.378 e. The minimum atomic E-state index is -3.39. The van der Waals surface area contributed by atoms with Crippen molar-refractivity contribution in [3.8, 4) is 5.95 Å². The Kier molecular flexibility index (Phi) is 7.07. The fourth-order valence-electron chi connectivity index (χ4n) is 4.34. The van der Waals surface area contributed by atoms with Crippen LogP contribution in [0.25, 0.3) is 17.0 Å². The summed E-state index contributed by atoms with van der Waals surface area (Å²) in [5, 5.41) is 0. The van der Waals surface area contributed by atoms with E-state index >= 15 is 0 Å². The third-order valence-corrected chi connectivity index (χ3v) is 9.42. The van der Waals surface area contributed by atoms with E-state index < -0.39 is 22.3 Å². The Morgan fingerprint density at radius 1 is 0.944 bits per heavy atom. The summed E-state index contributed by atoms with van der Waals surface area (Å²) in [7, 11) is -3.39. The van der Waals surface area contributed by atoms with E-state index in [1.165, 1.54) is 8.87 Å². The van der Waals surface area contributed by atoms with E-state index in [1.54, 1.807) is 12.1 Å². The second-order valence-electron chi connectivity index (χ2n) is 8.49. The Morgan fingerprint density at radius 3 is 2.17 bits per heavy atom. The molecule has 0 N–H and O–H groups in total. The monoisotopic (exact) mass is 586 g/mol. The molecule has 2 fully saturated rings. The highest BCUT2D eigenvalue weighted by molar-refractivity contribution is 9.10. The molecular weight excluding hydrogens is 562 g/mol. The molecule has 0 spiro atoms. The molecule has 1 aromatic carbocycles. The van der Waals surface area contributed by atoms with Crippen LogP contribution in [0.4, 0.5) is 20.7 Å². The summed E-state index contributed by atoms with van der Waals surface area (Å²) in [4.78, 5) is 21.8. The average Bonchev–Trinajstić information content (AvgIpc) is 3.30. The summed E-state index contributed by atoms with van der Waals surface area (Å²) in [6.07, 6.45) is -2.85. The summed E-state index contributed by atoms with van der Waals surface area (Å²) >= 11 is 3.03. The molecule has 3 aromatic rings. The first kappa shape index (κ1) is 25.2. The number of benzene rings is 1. The Bertz CT molecular complexity index is 1360. The van der Waals surface area contributed by atoms with Crippen molar-refractivity contribution >= 4 is 48.9 Å². The van der Waals surface area contributed by atoms with Crippen LogP contribution >= 0.6 is 15.9 Å². The van der Waals surface area contributed by atoms with E-state index in [2.05, 4.69) is 35.9 Å². The van der Waals surface area contributed by atoms with Gasteiger partial charge in [0.15, 0.2) is 5.82 Å². The molecule has 2 saturated heterocycles. The lowest BCUT2D eigenvalue weighted by molar-refractivity contribution is 0.122. The van der Waals surface area contributed by atoms with Crippen molar-refractivity contribution in [1.29, 1.82) is 0 Å². The maximum Gasteiger partial charge on any atom is 0.296 e. The number of hydrogen-bond donors (Lipinski definition) is 0. The first-order valence-electron chi connectivity index (χ1n) is 11.4. The highest BCUT2D eigenvalue weighted by Crippen LogP contribution is 2.30. The number of nitrogens with zero attached hydrogens (tertiary/aromatic N) is 8. The molecular formula is C21H25BrF2N8O3S. The van der Waals surface area contributed by atoms with Crippen LogP contribution in [0.3, 0.4) is 0 Å². The molecule has 0 radical (unpaired) electrons. The number of sulfonamides is 1. The van der Waals surface area contributed by atoms with E-state index in [1.807, 2.05) is 22.8 Å². The normalized spacial score (nSPS) is 17.9. The number of halogens is 3. The molecule has 15 heteroatoms. The SMILES string of the molecule is Cc1cccc2c1nc(C(F)F)n2-c1nc(N2CCOCC2)nc(N2CCN(S(=O)(=O)CBr)CC2)n1. The van der Waals surface area contributed by atoms with Gasteiger partial charge in [0, 0.05) is 39.3 Å². The molecule has 4 heterocycles. The van der Waals surface area contributed by atoms with Gasteiger partial charge in [-0.1, -0.05) is 28.1 Å². The molecule has 0 saturated carbocycles. The summed E-state index contributed by atoms with van der Waals surface area (Å²) in [5.41, 5.74) is 1.69. The second-order valence-corrected chi connectivity index (χ2v) is 11.8. The number of fused-ring (bicyclic) bond motifs is 1. The summed E-state index contributed by atoms with van der Waals surface area (Å²) in [6, 6.07) is 5.30. The maximum atomic E-state index is 14.1. The molecule has 0 unspecified atom stereocenters. The number of imidazole rings is 1. The zero-order valence-corrected chi connectivity index (χ0v) is 21.9. The molecule has 5 rings (SSSR count). The number of para-hydroxylation sites is 1. The quantitative estimate of drug-likeness (QED) is 0.401. The Balaban J connectivity index is 1.60. The number of aryl methyl sites for hydroxylation is 1. The number of anilines is 2. The first-order valence-corrected chi connectivity index (χ1v) is 14.2. The van der Waals surface area contributed by atoms with Crippen molar-refractivity contribution in [2.45, 2.75) is 13.3 Å². The van der Waals surface area contributed by atoms with Gasteiger partial charge in [0.25, 0.3) is 6.43 Å². The topological polar surface area (TPSA) is 110 Å². The number of aromatic nitrogens is 5. The lowest BCUT2D eigenvalue weighted by Gasteiger charge is -2.34. The van der Waals surface area contributed by atoms with E-state index in [4.69, 9.17) is 4.74 Å².